The highest BCUT2D eigenvalue weighted by atomic mass is 16.5. The van der Waals surface area contributed by atoms with Crippen LogP contribution in [0.4, 0.5) is 0 Å². The largest absolute Gasteiger partial charge is 0.490 e. The van der Waals surface area contributed by atoms with E-state index in [1.807, 2.05) is 6.07 Å². The third-order valence-corrected chi connectivity index (χ3v) is 4.21. The van der Waals surface area contributed by atoms with Crippen molar-refractivity contribution >= 4 is 5.97 Å². The van der Waals surface area contributed by atoms with Crippen LogP contribution in [0.3, 0.4) is 0 Å². The van der Waals surface area contributed by atoms with Crippen molar-refractivity contribution in [1.29, 1.82) is 0 Å². The van der Waals surface area contributed by atoms with Gasteiger partial charge in [0.25, 0.3) is 0 Å². The molecule has 0 unspecified atom stereocenters. The van der Waals surface area contributed by atoms with Gasteiger partial charge in [0.1, 0.15) is 5.75 Å². The van der Waals surface area contributed by atoms with E-state index in [1.165, 1.54) is 12.7 Å². The van der Waals surface area contributed by atoms with Crippen LogP contribution in [0.5, 0.6) is 5.75 Å². The fourth-order valence-corrected chi connectivity index (χ4v) is 2.81. The lowest BCUT2D eigenvalue weighted by Gasteiger charge is -2.28. The molecule has 0 radical (unpaired) electrons. The predicted octanol–water partition coefficient (Wildman–Crippen LogP) is 4.09. The van der Waals surface area contributed by atoms with Crippen LogP contribution in [0.1, 0.15) is 52.0 Å². The first-order valence-corrected chi connectivity index (χ1v) is 7.75. The van der Waals surface area contributed by atoms with Crippen molar-refractivity contribution in [3.05, 3.63) is 29.8 Å². The predicted molar refractivity (Wildman–Crippen MR) is 83.5 cm³/mol. The lowest BCUT2D eigenvalue weighted by Crippen LogP contribution is -2.28. The molecule has 21 heavy (non-hydrogen) atoms. The van der Waals surface area contributed by atoms with E-state index in [2.05, 4.69) is 39.0 Å². The topological polar surface area (TPSA) is 35.5 Å². The Morgan fingerprint density at radius 1 is 1.14 bits per heavy atom. The minimum Gasteiger partial charge on any atom is -0.490 e. The van der Waals surface area contributed by atoms with Gasteiger partial charge in [0.05, 0.1) is 19.1 Å². The standard InChI is InChI=1S/C18H26O3/c1-18(2,3)14-6-5-7-16(12-14)21-15-10-8-13(9-11-15)17(19)20-4/h5-7,12-13,15H,8-11H2,1-4H3/t13-,15-. The first kappa shape index (κ1) is 15.9. The smallest absolute Gasteiger partial charge is 0.308 e. The molecule has 0 aromatic heterocycles. The number of esters is 1. The third kappa shape index (κ3) is 4.23. The van der Waals surface area contributed by atoms with Crippen molar-refractivity contribution in [3.8, 4) is 5.75 Å². The second-order valence-electron chi connectivity index (χ2n) is 6.89. The van der Waals surface area contributed by atoms with Gasteiger partial charge in [0, 0.05) is 0 Å². The fourth-order valence-electron chi connectivity index (χ4n) is 2.81. The van der Waals surface area contributed by atoms with E-state index in [1.54, 1.807) is 0 Å². The van der Waals surface area contributed by atoms with E-state index >= 15 is 0 Å². The van der Waals surface area contributed by atoms with Crippen molar-refractivity contribution in [2.24, 2.45) is 5.92 Å². The SMILES string of the molecule is COC(=O)[C@H]1CC[C@H](Oc2cccc(C(C)(C)C)c2)CC1. The average molecular weight is 290 g/mol. The molecule has 1 aromatic rings. The number of hydrogen-bond donors (Lipinski definition) is 0. The fraction of sp³-hybridized carbons (Fsp3) is 0.611. The molecule has 1 aliphatic rings. The maximum absolute atomic E-state index is 11.5. The highest BCUT2D eigenvalue weighted by Crippen LogP contribution is 2.30. The van der Waals surface area contributed by atoms with E-state index in [0.29, 0.717) is 0 Å². The summed E-state index contributed by atoms with van der Waals surface area (Å²) in [6, 6.07) is 8.34. The van der Waals surface area contributed by atoms with Gasteiger partial charge >= 0.3 is 5.97 Å². The third-order valence-electron chi connectivity index (χ3n) is 4.21. The minimum absolute atomic E-state index is 0.0516. The molecule has 0 heterocycles. The number of methoxy groups -OCH3 is 1. The van der Waals surface area contributed by atoms with Gasteiger partial charge in [0.2, 0.25) is 0 Å². The summed E-state index contributed by atoms with van der Waals surface area (Å²) >= 11 is 0. The van der Waals surface area contributed by atoms with Gasteiger partial charge in [-0.1, -0.05) is 32.9 Å². The molecule has 0 N–H and O–H groups in total. The summed E-state index contributed by atoms with van der Waals surface area (Å²) in [5.41, 5.74) is 1.41. The molecule has 2 rings (SSSR count). The van der Waals surface area contributed by atoms with Gasteiger partial charge in [-0.15, -0.1) is 0 Å². The Bertz CT molecular complexity index is 479. The summed E-state index contributed by atoms with van der Waals surface area (Å²) in [6.07, 6.45) is 3.76. The van der Waals surface area contributed by atoms with Gasteiger partial charge in [0.15, 0.2) is 0 Å². The Kier molecular flexibility index (Phi) is 4.92. The van der Waals surface area contributed by atoms with Crippen LogP contribution in [0.2, 0.25) is 0 Å². The highest BCUT2D eigenvalue weighted by Gasteiger charge is 2.28. The molecule has 0 aliphatic heterocycles. The number of hydrogen-bond acceptors (Lipinski definition) is 3. The van der Waals surface area contributed by atoms with E-state index in [0.717, 1.165) is 31.4 Å². The summed E-state index contributed by atoms with van der Waals surface area (Å²) in [6.45, 7) is 6.61. The Morgan fingerprint density at radius 2 is 1.81 bits per heavy atom. The molecule has 3 nitrogen and oxygen atoms in total. The second kappa shape index (κ2) is 6.50. The zero-order valence-electron chi connectivity index (χ0n) is 13.5. The molecule has 1 aromatic carbocycles. The van der Waals surface area contributed by atoms with Gasteiger partial charge in [-0.2, -0.15) is 0 Å². The number of carbonyl (C=O) groups is 1. The van der Waals surface area contributed by atoms with Crippen molar-refractivity contribution in [3.63, 3.8) is 0 Å². The lowest BCUT2D eigenvalue weighted by atomic mass is 9.86. The molecule has 1 saturated carbocycles. The van der Waals surface area contributed by atoms with Gasteiger partial charge in [-0.3, -0.25) is 4.79 Å². The summed E-state index contributed by atoms with van der Waals surface area (Å²) in [5.74, 6) is 0.905. The van der Waals surface area contributed by atoms with E-state index in [4.69, 9.17) is 9.47 Å². The molecule has 3 heteroatoms. The monoisotopic (exact) mass is 290 g/mol. The maximum atomic E-state index is 11.5. The van der Waals surface area contributed by atoms with Gasteiger partial charge in [-0.05, 0) is 48.8 Å². The summed E-state index contributed by atoms with van der Waals surface area (Å²) in [4.78, 5) is 11.5. The summed E-state index contributed by atoms with van der Waals surface area (Å²) in [7, 11) is 1.46. The second-order valence-corrected chi connectivity index (χ2v) is 6.89. The minimum atomic E-state index is -0.0804. The van der Waals surface area contributed by atoms with Crippen molar-refractivity contribution in [2.75, 3.05) is 7.11 Å². The van der Waals surface area contributed by atoms with Crippen LogP contribution < -0.4 is 4.74 Å². The van der Waals surface area contributed by atoms with E-state index < -0.39 is 0 Å². The maximum Gasteiger partial charge on any atom is 0.308 e. The van der Waals surface area contributed by atoms with Crippen molar-refractivity contribution < 1.29 is 14.3 Å². The molecule has 1 fully saturated rings. The van der Waals surface area contributed by atoms with E-state index in [9.17, 15) is 4.79 Å². The number of rotatable bonds is 3. The van der Waals surface area contributed by atoms with Crippen LogP contribution in [0.15, 0.2) is 24.3 Å². The normalized spacial score (nSPS) is 22.7. The summed E-state index contributed by atoms with van der Waals surface area (Å²) in [5, 5.41) is 0. The first-order chi connectivity index (χ1) is 9.90. The quantitative estimate of drug-likeness (QED) is 0.786. The van der Waals surface area contributed by atoms with Gasteiger partial charge in [-0.25, -0.2) is 0 Å². The zero-order chi connectivity index (χ0) is 15.5. The molecule has 116 valence electrons. The van der Waals surface area contributed by atoms with Crippen molar-refractivity contribution in [2.45, 2.75) is 58.0 Å². The summed E-state index contributed by atoms with van der Waals surface area (Å²) < 4.78 is 10.9. The number of ether oxygens (including phenoxy) is 2. The van der Waals surface area contributed by atoms with Crippen LogP contribution >= 0.6 is 0 Å². The van der Waals surface area contributed by atoms with Crippen LogP contribution in [-0.2, 0) is 14.9 Å². The Hall–Kier alpha value is -1.51. The molecule has 0 bridgehead atoms. The zero-order valence-corrected chi connectivity index (χ0v) is 13.5. The van der Waals surface area contributed by atoms with Crippen LogP contribution in [-0.4, -0.2) is 19.2 Å². The molecule has 0 saturated heterocycles. The number of carbonyl (C=O) groups excluding carboxylic acids is 1. The lowest BCUT2D eigenvalue weighted by molar-refractivity contribution is -0.147. The Balaban J connectivity index is 1.93. The van der Waals surface area contributed by atoms with Crippen LogP contribution in [0.25, 0.3) is 0 Å². The molecule has 1 aliphatic carbocycles. The molecular formula is C18H26O3. The number of benzene rings is 1. The molecule has 0 spiro atoms. The van der Waals surface area contributed by atoms with E-state index in [-0.39, 0.29) is 23.4 Å². The highest BCUT2D eigenvalue weighted by molar-refractivity contribution is 5.72. The van der Waals surface area contributed by atoms with Crippen LogP contribution in [0, 0.1) is 5.92 Å². The molecule has 0 amide bonds. The van der Waals surface area contributed by atoms with Gasteiger partial charge < -0.3 is 9.47 Å². The Labute approximate surface area is 127 Å². The molecule has 0 atom stereocenters. The average Bonchev–Trinajstić information content (AvgIpc) is 2.47. The first-order valence-electron chi connectivity index (χ1n) is 7.75. The van der Waals surface area contributed by atoms with Crippen molar-refractivity contribution in [1.82, 2.24) is 0 Å². The molecular weight excluding hydrogens is 264 g/mol. The Morgan fingerprint density at radius 3 is 2.38 bits per heavy atom.